The molecule has 0 aromatic heterocycles. The number of aliphatic carboxylic acids is 1. The summed E-state index contributed by atoms with van der Waals surface area (Å²) in [5.41, 5.74) is -0.811. The smallest absolute Gasteiger partial charge is 0.416 e. The van der Waals surface area contributed by atoms with Gasteiger partial charge in [0.1, 0.15) is 5.75 Å². The van der Waals surface area contributed by atoms with E-state index in [0.717, 1.165) is 24.3 Å². The second-order valence-corrected chi connectivity index (χ2v) is 4.85. The highest BCUT2D eigenvalue weighted by molar-refractivity contribution is 5.79. The molecule has 9 heteroatoms. The molecule has 0 radical (unpaired) electrons. The largest absolute Gasteiger partial charge is 0.484 e. The molecule has 1 fully saturated rings. The van der Waals surface area contributed by atoms with Crippen molar-refractivity contribution in [3.63, 3.8) is 0 Å². The van der Waals surface area contributed by atoms with Crippen LogP contribution < -0.4 is 4.74 Å². The number of carbonyl (C=O) groups excluding carboxylic acids is 1. The Morgan fingerprint density at radius 2 is 1.96 bits per heavy atom. The van der Waals surface area contributed by atoms with Crippen LogP contribution in [0.2, 0.25) is 0 Å². The summed E-state index contributed by atoms with van der Waals surface area (Å²) in [6.07, 6.45) is -5.52. The van der Waals surface area contributed by atoms with E-state index < -0.39 is 36.3 Å². The molecule has 1 saturated heterocycles. The molecule has 6 nitrogen and oxygen atoms in total. The zero-order valence-electron chi connectivity index (χ0n) is 11.9. The second-order valence-electron chi connectivity index (χ2n) is 4.85. The number of carboxylic acids is 1. The minimum absolute atomic E-state index is 0.0927. The van der Waals surface area contributed by atoms with Crippen LogP contribution in [-0.2, 0) is 20.5 Å². The monoisotopic (exact) mass is 333 g/mol. The molecule has 1 heterocycles. The minimum atomic E-state index is -4.44. The van der Waals surface area contributed by atoms with Gasteiger partial charge in [-0.05, 0) is 24.3 Å². The van der Waals surface area contributed by atoms with E-state index in [0.29, 0.717) is 0 Å². The van der Waals surface area contributed by atoms with E-state index in [-0.39, 0.29) is 25.4 Å². The van der Waals surface area contributed by atoms with Crippen LogP contribution in [0.15, 0.2) is 24.3 Å². The maximum absolute atomic E-state index is 12.4. The lowest BCUT2D eigenvalue weighted by Crippen LogP contribution is -2.49. The van der Waals surface area contributed by atoms with Gasteiger partial charge in [-0.25, -0.2) is 4.79 Å². The summed E-state index contributed by atoms with van der Waals surface area (Å²) in [4.78, 5) is 24.1. The fraction of sp³-hybridized carbons (Fsp3) is 0.429. The highest BCUT2D eigenvalue weighted by Gasteiger charge is 2.30. The molecule has 1 aromatic carbocycles. The standard InChI is InChI=1S/C14H14F3NO5/c15-14(16,17)9-1-3-10(4-2-9)23-8-12(19)18-5-6-22-11(7-18)13(20)21/h1-4,11H,5-8H2,(H,20,21)/t11-/m1/s1. The Labute approximate surface area is 129 Å². The van der Waals surface area contributed by atoms with E-state index in [9.17, 15) is 22.8 Å². The Morgan fingerprint density at radius 3 is 2.52 bits per heavy atom. The lowest BCUT2D eigenvalue weighted by Gasteiger charge is -2.30. The molecular formula is C14H14F3NO5. The van der Waals surface area contributed by atoms with Gasteiger partial charge in [0.2, 0.25) is 0 Å². The van der Waals surface area contributed by atoms with Crippen LogP contribution in [0.1, 0.15) is 5.56 Å². The van der Waals surface area contributed by atoms with E-state index in [4.69, 9.17) is 14.6 Å². The molecule has 0 bridgehead atoms. The first kappa shape index (κ1) is 17.1. The number of halogens is 3. The van der Waals surface area contributed by atoms with Crippen LogP contribution in [0.25, 0.3) is 0 Å². The summed E-state index contributed by atoms with van der Waals surface area (Å²) in [5, 5.41) is 8.85. The number of nitrogens with zero attached hydrogens (tertiary/aromatic N) is 1. The molecule has 23 heavy (non-hydrogen) atoms. The average molecular weight is 333 g/mol. The van der Waals surface area contributed by atoms with Crippen molar-refractivity contribution in [1.29, 1.82) is 0 Å². The SMILES string of the molecule is O=C(O)[C@H]1CN(C(=O)COc2ccc(C(F)(F)F)cc2)CCO1. The number of amides is 1. The molecule has 126 valence electrons. The topological polar surface area (TPSA) is 76.1 Å². The molecule has 0 aliphatic carbocycles. The van der Waals surface area contributed by atoms with Crippen LogP contribution in [0.4, 0.5) is 13.2 Å². The van der Waals surface area contributed by atoms with E-state index >= 15 is 0 Å². The molecule has 0 saturated carbocycles. The lowest BCUT2D eigenvalue weighted by atomic mass is 10.2. The van der Waals surface area contributed by atoms with Crippen molar-refractivity contribution < 1.29 is 37.3 Å². The van der Waals surface area contributed by atoms with Crippen molar-refractivity contribution in [2.45, 2.75) is 12.3 Å². The van der Waals surface area contributed by atoms with E-state index in [1.165, 1.54) is 4.90 Å². The van der Waals surface area contributed by atoms with Crippen LogP contribution in [0.5, 0.6) is 5.75 Å². The van der Waals surface area contributed by atoms with E-state index in [1.807, 2.05) is 0 Å². The Bertz CT molecular complexity index is 573. The average Bonchev–Trinajstić information content (AvgIpc) is 2.52. The molecule has 2 rings (SSSR count). The predicted octanol–water partition coefficient (Wildman–Crippen LogP) is 1.40. The summed E-state index contributed by atoms with van der Waals surface area (Å²) < 4.78 is 47.4. The fourth-order valence-corrected chi connectivity index (χ4v) is 2.00. The van der Waals surface area contributed by atoms with Crippen molar-refractivity contribution >= 4 is 11.9 Å². The molecule has 0 spiro atoms. The van der Waals surface area contributed by atoms with E-state index in [2.05, 4.69) is 0 Å². The van der Waals surface area contributed by atoms with Gasteiger partial charge in [0.05, 0.1) is 18.7 Å². The first-order valence-corrected chi connectivity index (χ1v) is 6.69. The third-order valence-electron chi connectivity index (χ3n) is 3.24. The van der Waals surface area contributed by atoms with Crippen molar-refractivity contribution in [2.75, 3.05) is 26.3 Å². The summed E-state index contributed by atoms with van der Waals surface area (Å²) in [7, 11) is 0. The van der Waals surface area contributed by atoms with Gasteiger partial charge in [0.25, 0.3) is 5.91 Å². The van der Waals surface area contributed by atoms with Crippen molar-refractivity contribution in [2.24, 2.45) is 0 Å². The number of hydrogen-bond acceptors (Lipinski definition) is 4. The Balaban J connectivity index is 1.88. The zero-order valence-corrected chi connectivity index (χ0v) is 11.9. The van der Waals surface area contributed by atoms with Gasteiger partial charge in [-0.2, -0.15) is 13.2 Å². The van der Waals surface area contributed by atoms with Crippen LogP contribution in [0.3, 0.4) is 0 Å². The predicted molar refractivity (Wildman–Crippen MR) is 70.9 cm³/mol. The van der Waals surface area contributed by atoms with Crippen LogP contribution in [-0.4, -0.2) is 54.3 Å². The van der Waals surface area contributed by atoms with Crippen molar-refractivity contribution in [3.8, 4) is 5.75 Å². The summed E-state index contributed by atoms with van der Waals surface area (Å²) in [6, 6.07) is 3.95. The number of ether oxygens (including phenoxy) is 2. The number of carboxylic acid groups (broad SMARTS) is 1. The minimum Gasteiger partial charge on any atom is -0.484 e. The van der Waals surface area contributed by atoms with Gasteiger partial charge >= 0.3 is 12.1 Å². The maximum Gasteiger partial charge on any atom is 0.416 e. The Morgan fingerprint density at radius 1 is 1.30 bits per heavy atom. The summed E-state index contributed by atoms with van der Waals surface area (Å²) >= 11 is 0. The van der Waals surface area contributed by atoms with Gasteiger partial charge in [-0.15, -0.1) is 0 Å². The highest BCUT2D eigenvalue weighted by Crippen LogP contribution is 2.30. The third kappa shape index (κ3) is 4.59. The number of carbonyl (C=O) groups is 2. The lowest BCUT2D eigenvalue weighted by molar-refractivity contribution is -0.160. The summed E-state index contributed by atoms with van der Waals surface area (Å²) in [5.74, 6) is -1.50. The highest BCUT2D eigenvalue weighted by atomic mass is 19.4. The number of alkyl halides is 3. The normalized spacial score (nSPS) is 18.6. The fourth-order valence-electron chi connectivity index (χ4n) is 2.00. The third-order valence-corrected chi connectivity index (χ3v) is 3.24. The molecule has 1 aliphatic rings. The van der Waals surface area contributed by atoms with Gasteiger partial charge in [0.15, 0.2) is 12.7 Å². The van der Waals surface area contributed by atoms with Crippen molar-refractivity contribution in [3.05, 3.63) is 29.8 Å². The maximum atomic E-state index is 12.4. The van der Waals surface area contributed by atoms with Gasteiger partial charge in [0, 0.05) is 6.54 Å². The number of rotatable bonds is 4. The Kier molecular flexibility index (Phi) is 5.09. The zero-order chi connectivity index (χ0) is 17.0. The van der Waals surface area contributed by atoms with Crippen molar-refractivity contribution in [1.82, 2.24) is 4.90 Å². The first-order chi connectivity index (χ1) is 10.8. The summed E-state index contributed by atoms with van der Waals surface area (Å²) in [6.45, 7) is -0.149. The number of hydrogen-bond donors (Lipinski definition) is 1. The molecule has 1 amide bonds. The molecule has 1 aromatic rings. The van der Waals surface area contributed by atoms with Gasteiger partial charge in [-0.3, -0.25) is 4.79 Å². The first-order valence-electron chi connectivity index (χ1n) is 6.69. The number of morpholine rings is 1. The molecule has 1 atom stereocenters. The quantitative estimate of drug-likeness (QED) is 0.901. The van der Waals surface area contributed by atoms with Gasteiger partial charge in [-0.1, -0.05) is 0 Å². The molecule has 1 N–H and O–H groups in total. The van der Waals surface area contributed by atoms with Crippen LogP contribution >= 0.6 is 0 Å². The van der Waals surface area contributed by atoms with E-state index in [1.54, 1.807) is 0 Å². The molecular weight excluding hydrogens is 319 g/mol. The van der Waals surface area contributed by atoms with Crippen LogP contribution in [0, 0.1) is 0 Å². The molecule has 0 unspecified atom stereocenters. The van der Waals surface area contributed by atoms with Gasteiger partial charge < -0.3 is 19.5 Å². The molecule has 1 aliphatic heterocycles. The Hall–Kier alpha value is -2.29. The number of benzene rings is 1. The second kappa shape index (κ2) is 6.86.